The summed E-state index contributed by atoms with van der Waals surface area (Å²) in [6.45, 7) is 2.77. The summed E-state index contributed by atoms with van der Waals surface area (Å²) < 4.78 is 25.4. The van der Waals surface area contributed by atoms with Gasteiger partial charge in [0.2, 0.25) is 6.54 Å². The van der Waals surface area contributed by atoms with Gasteiger partial charge in [0.05, 0.1) is 19.1 Å². The average Bonchev–Trinajstić information content (AvgIpc) is 2.68. The Morgan fingerprint density at radius 2 is 1.62 bits per heavy atom. The zero-order valence-electron chi connectivity index (χ0n) is 16.2. The summed E-state index contributed by atoms with van der Waals surface area (Å²) >= 11 is 3.33. The number of carbonyl (C=O) groups is 1. The molecule has 0 spiro atoms. The number of carbonyl (C=O) groups excluding carboxylic acids is 1. The van der Waals surface area contributed by atoms with Gasteiger partial charge in [-0.2, -0.15) is 0 Å². The van der Waals surface area contributed by atoms with Crippen molar-refractivity contribution < 1.29 is 23.3 Å². The molecule has 7 nitrogen and oxygen atoms in total. The molecule has 0 heterocycles. The van der Waals surface area contributed by atoms with Crippen LogP contribution in [0.5, 0.6) is 0 Å². The van der Waals surface area contributed by atoms with Crippen molar-refractivity contribution in [2.75, 3.05) is 19.8 Å². The van der Waals surface area contributed by atoms with Crippen molar-refractivity contribution in [3.63, 3.8) is 0 Å². The summed E-state index contributed by atoms with van der Waals surface area (Å²) in [6, 6.07) is 15.1. The third-order valence-corrected chi connectivity index (χ3v) is 7.35. The molecule has 0 saturated heterocycles. The first-order chi connectivity index (χ1) is 13.8. The van der Waals surface area contributed by atoms with E-state index in [2.05, 4.69) is 15.9 Å². The van der Waals surface area contributed by atoms with Crippen molar-refractivity contribution in [1.29, 1.82) is 0 Å². The number of halogens is 1. The largest absolute Gasteiger partial charge is 0.342 e. The Morgan fingerprint density at radius 3 is 2.10 bits per heavy atom. The van der Waals surface area contributed by atoms with E-state index in [4.69, 9.17) is 9.05 Å². The van der Waals surface area contributed by atoms with Crippen LogP contribution in [0, 0.1) is 10.1 Å². The fraction of sp³-hybridized carbons (Fsp3) is 0.350. The molecule has 9 heteroatoms. The van der Waals surface area contributed by atoms with Crippen molar-refractivity contribution in [3.8, 4) is 0 Å². The Bertz CT molecular complexity index is 864. The summed E-state index contributed by atoms with van der Waals surface area (Å²) in [4.78, 5) is 24.4. The first kappa shape index (κ1) is 23.4. The second-order valence-corrected chi connectivity index (χ2v) is 9.29. The van der Waals surface area contributed by atoms with E-state index in [1.807, 2.05) is 0 Å². The molecule has 2 atom stereocenters. The summed E-state index contributed by atoms with van der Waals surface area (Å²) in [6.07, 6.45) is 0. The van der Waals surface area contributed by atoms with Crippen molar-refractivity contribution in [2.24, 2.45) is 0 Å². The van der Waals surface area contributed by atoms with Crippen LogP contribution in [0.3, 0.4) is 0 Å². The molecule has 2 aromatic carbocycles. The molecular weight excluding hydrogens is 461 g/mol. The van der Waals surface area contributed by atoms with Crippen LogP contribution in [0.1, 0.15) is 35.7 Å². The predicted octanol–water partition coefficient (Wildman–Crippen LogP) is 5.33. The van der Waals surface area contributed by atoms with E-state index in [1.54, 1.807) is 68.4 Å². The van der Waals surface area contributed by atoms with Crippen molar-refractivity contribution >= 4 is 29.3 Å². The SMILES string of the molecule is CCOP(=O)(OCC)C(C(=O)c1ccccc1)[C@@H](C[N+](=O)[O-])c1ccc(Br)cc1. The number of ketones is 1. The molecule has 0 N–H and O–H groups in total. The van der Waals surface area contributed by atoms with Gasteiger partial charge in [-0.25, -0.2) is 0 Å². The average molecular weight is 484 g/mol. The molecule has 2 aromatic rings. The molecular formula is C20H23BrNO6P. The lowest BCUT2D eigenvalue weighted by molar-refractivity contribution is -0.483. The first-order valence-electron chi connectivity index (χ1n) is 9.17. The maximum Gasteiger partial charge on any atom is 0.342 e. The zero-order valence-corrected chi connectivity index (χ0v) is 18.7. The van der Waals surface area contributed by atoms with E-state index in [0.29, 0.717) is 11.1 Å². The smallest absolute Gasteiger partial charge is 0.308 e. The van der Waals surface area contributed by atoms with E-state index in [9.17, 15) is 19.5 Å². The van der Waals surface area contributed by atoms with Gasteiger partial charge in [-0.15, -0.1) is 0 Å². The maximum atomic E-state index is 13.7. The monoisotopic (exact) mass is 483 g/mol. The van der Waals surface area contributed by atoms with Crippen molar-refractivity contribution in [3.05, 3.63) is 80.3 Å². The van der Waals surface area contributed by atoms with Crippen molar-refractivity contribution in [2.45, 2.75) is 25.4 Å². The minimum atomic E-state index is -4.01. The fourth-order valence-electron chi connectivity index (χ4n) is 3.14. The van der Waals surface area contributed by atoms with E-state index in [-0.39, 0.29) is 13.2 Å². The number of hydrogen-bond acceptors (Lipinski definition) is 6. The van der Waals surface area contributed by atoms with Gasteiger partial charge >= 0.3 is 7.60 Å². The molecule has 0 aliphatic rings. The molecule has 0 amide bonds. The maximum absolute atomic E-state index is 13.7. The molecule has 2 rings (SSSR count). The van der Waals surface area contributed by atoms with Crippen molar-refractivity contribution in [1.82, 2.24) is 0 Å². The Labute approximate surface area is 178 Å². The van der Waals surface area contributed by atoms with Gasteiger partial charge in [0.1, 0.15) is 5.66 Å². The van der Waals surface area contributed by atoms with Crippen LogP contribution in [-0.2, 0) is 13.6 Å². The Balaban J connectivity index is 2.66. The quantitative estimate of drug-likeness (QED) is 0.185. The Morgan fingerprint density at radius 1 is 1.07 bits per heavy atom. The second kappa shape index (κ2) is 10.8. The minimum absolute atomic E-state index is 0.0430. The summed E-state index contributed by atoms with van der Waals surface area (Å²) in [5, 5.41) is 11.5. The summed E-state index contributed by atoms with van der Waals surface area (Å²) in [7, 11) is -4.01. The van der Waals surface area contributed by atoms with Gasteiger partial charge in [-0.1, -0.05) is 58.4 Å². The van der Waals surface area contributed by atoms with Crippen LogP contribution in [-0.4, -0.2) is 36.1 Å². The summed E-state index contributed by atoms with van der Waals surface area (Å²) in [5.41, 5.74) is -0.544. The topological polar surface area (TPSA) is 95.7 Å². The van der Waals surface area contributed by atoms with Gasteiger partial charge < -0.3 is 9.05 Å². The fourth-order valence-corrected chi connectivity index (χ4v) is 5.66. The van der Waals surface area contributed by atoms with E-state index in [1.165, 1.54) is 0 Å². The highest BCUT2D eigenvalue weighted by molar-refractivity contribution is 9.10. The number of benzene rings is 2. The molecule has 0 fully saturated rings. The van der Waals surface area contributed by atoms with Crippen LogP contribution in [0.4, 0.5) is 0 Å². The molecule has 0 aliphatic carbocycles. The Hall–Kier alpha value is -1.86. The molecule has 0 bridgehead atoms. The summed E-state index contributed by atoms with van der Waals surface area (Å²) in [5.74, 6) is -1.50. The predicted molar refractivity (Wildman–Crippen MR) is 114 cm³/mol. The number of rotatable bonds is 11. The highest BCUT2D eigenvalue weighted by Gasteiger charge is 2.48. The van der Waals surface area contributed by atoms with Crippen LogP contribution in [0.25, 0.3) is 0 Å². The standard InChI is InChI=1S/C20H23BrNO6P/c1-3-27-29(26,28-4-2)20(19(23)16-8-6-5-7-9-16)18(14-22(24)25)15-10-12-17(21)13-11-15/h5-13,18,20H,3-4,14H2,1-2H3/t18-,20?/m0/s1. The van der Waals surface area contributed by atoms with Gasteiger partial charge in [0.25, 0.3) is 0 Å². The van der Waals surface area contributed by atoms with Gasteiger partial charge in [-0.3, -0.25) is 19.5 Å². The third-order valence-electron chi connectivity index (χ3n) is 4.31. The lowest BCUT2D eigenvalue weighted by Gasteiger charge is -2.30. The molecule has 156 valence electrons. The van der Waals surface area contributed by atoms with E-state index < -0.39 is 36.4 Å². The van der Waals surface area contributed by atoms with Gasteiger partial charge in [-0.05, 0) is 31.5 Å². The number of nitro groups is 1. The van der Waals surface area contributed by atoms with Gasteiger partial charge in [0.15, 0.2) is 5.78 Å². The third kappa shape index (κ3) is 6.06. The van der Waals surface area contributed by atoms with E-state index >= 15 is 0 Å². The molecule has 1 unspecified atom stereocenters. The molecule has 0 saturated carbocycles. The normalized spacial score (nSPS) is 13.6. The molecule has 29 heavy (non-hydrogen) atoms. The number of nitrogens with zero attached hydrogens (tertiary/aromatic N) is 1. The van der Waals surface area contributed by atoms with Gasteiger partial charge in [0, 0.05) is 15.0 Å². The first-order valence-corrected chi connectivity index (χ1v) is 11.6. The van der Waals surface area contributed by atoms with Crippen LogP contribution >= 0.6 is 23.5 Å². The lowest BCUT2D eigenvalue weighted by Crippen LogP contribution is -2.34. The molecule has 0 aliphatic heterocycles. The highest BCUT2D eigenvalue weighted by Crippen LogP contribution is 2.58. The number of hydrogen-bond donors (Lipinski definition) is 0. The second-order valence-electron chi connectivity index (χ2n) is 6.22. The van der Waals surface area contributed by atoms with Crippen LogP contribution in [0.2, 0.25) is 0 Å². The lowest BCUT2D eigenvalue weighted by atomic mass is 9.91. The Kier molecular flexibility index (Phi) is 8.71. The highest BCUT2D eigenvalue weighted by atomic mass is 79.9. The molecule has 0 radical (unpaired) electrons. The van der Waals surface area contributed by atoms with Crippen LogP contribution < -0.4 is 0 Å². The number of Topliss-reactive ketones (excluding diaryl/α,β-unsaturated/α-hetero) is 1. The van der Waals surface area contributed by atoms with E-state index in [0.717, 1.165) is 4.47 Å². The minimum Gasteiger partial charge on any atom is -0.308 e. The molecule has 0 aromatic heterocycles. The zero-order chi connectivity index (χ0) is 21.4. The van der Waals surface area contributed by atoms with Crippen LogP contribution in [0.15, 0.2) is 59.1 Å².